The fraction of sp³-hybridized carbons (Fsp3) is 0.211. The van der Waals surface area contributed by atoms with Crippen LogP contribution in [-0.2, 0) is 16.0 Å². The Labute approximate surface area is 138 Å². The van der Waals surface area contributed by atoms with E-state index in [9.17, 15) is 4.79 Å². The van der Waals surface area contributed by atoms with Gasteiger partial charge in [-0.2, -0.15) is 0 Å². The highest BCUT2D eigenvalue weighted by atomic mass is 16.7. The summed E-state index contributed by atoms with van der Waals surface area (Å²) in [5.74, 6) is 0. The van der Waals surface area contributed by atoms with E-state index in [4.69, 9.17) is 13.9 Å². The molecule has 1 N–H and O–H groups in total. The summed E-state index contributed by atoms with van der Waals surface area (Å²) in [5.41, 5.74) is 2.32. The number of nitrogens with one attached hydrogen (secondary N) is 1. The van der Waals surface area contributed by atoms with Crippen LogP contribution in [0.2, 0.25) is 0 Å². The molecule has 2 heterocycles. The zero-order valence-electron chi connectivity index (χ0n) is 13.0. The van der Waals surface area contributed by atoms with Crippen molar-refractivity contribution in [1.82, 2.24) is 0 Å². The van der Waals surface area contributed by atoms with Crippen LogP contribution in [0.3, 0.4) is 0 Å². The van der Waals surface area contributed by atoms with E-state index < -0.39 is 11.9 Å². The molecule has 1 aliphatic rings. The zero-order chi connectivity index (χ0) is 16.4. The first-order valence-corrected chi connectivity index (χ1v) is 7.89. The van der Waals surface area contributed by atoms with Gasteiger partial charge in [0.25, 0.3) is 0 Å². The SMILES string of the molecule is O=c1oc2ccccc2c(NCc2ccccc2)c1C1OCCO1. The van der Waals surface area contributed by atoms with Crippen molar-refractivity contribution in [2.75, 3.05) is 18.5 Å². The molecule has 3 aromatic rings. The summed E-state index contributed by atoms with van der Waals surface area (Å²) < 4.78 is 16.5. The highest BCUT2D eigenvalue weighted by Gasteiger charge is 2.27. The number of para-hydroxylation sites is 1. The maximum Gasteiger partial charge on any atom is 0.346 e. The van der Waals surface area contributed by atoms with Gasteiger partial charge in [-0.1, -0.05) is 42.5 Å². The Morgan fingerprint density at radius 1 is 0.958 bits per heavy atom. The Balaban J connectivity index is 1.80. The largest absolute Gasteiger partial charge is 0.422 e. The third kappa shape index (κ3) is 2.79. The Hall–Kier alpha value is -2.63. The van der Waals surface area contributed by atoms with Gasteiger partial charge in [0.05, 0.1) is 18.9 Å². The van der Waals surface area contributed by atoms with E-state index in [1.807, 2.05) is 48.5 Å². The number of anilines is 1. The number of hydrogen-bond donors (Lipinski definition) is 1. The van der Waals surface area contributed by atoms with Crippen LogP contribution in [0.15, 0.2) is 63.8 Å². The Kier molecular flexibility index (Phi) is 4.02. The van der Waals surface area contributed by atoms with Crippen LogP contribution >= 0.6 is 0 Å². The van der Waals surface area contributed by atoms with Crippen molar-refractivity contribution >= 4 is 16.7 Å². The molecule has 0 aliphatic carbocycles. The monoisotopic (exact) mass is 323 g/mol. The lowest BCUT2D eigenvalue weighted by atomic mass is 10.1. The minimum atomic E-state index is -0.691. The minimum absolute atomic E-state index is 0.391. The van der Waals surface area contributed by atoms with Gasteiger partial charge in [0.2, 0.25) is 0 Å². The maximum absolute atomic E-state index is 12.5. The zero-order valence-corrected chi connectivity index (χ0v) is 13.0. The first-order valence-electron chi connectivity index (χ1n) is 7.89. The van der Waals surface area contributed by atoms with Crippen LogP contribution in [0.1, 0.15) is 17.4 Å². The van der Waals surface area contributed by atoms with Crippen molar-refractivity contribution in [2.45, 2.75) is 12.8 Å². The smallest absolute Gasteiger partial charge is 0.346 e. The summed E-state index contributed by atoms with van der Waals surface area (Å²) >= 11 is 0. The third-order valence-corrected chi connectivity index (χ3v) is 4.02. The second-order valence-corrected chi connectivity index (χ2v) is 5.59. The topological polar surface area (TPSA) is 60.7 Å². The Bertz CT molecular complexity index is 898. The van der Waals surface area contributed by atoms with Crippen LogP contribution in [0.25, 0.3) is 11.0 Å². The molecule has 0 saturated carbocycles. The standard InChI is InChI=1S/C19H17NO4/c21-18-16(19-22-10-11-23-19)17(14-8-4-5-9-15(14)24-18)20-12-13-6-2-1-3-7-13/h1-9,19-20H,10-12H2. The van der Waals surface area contributed by atoms with Crippen molar-refractivity contribution in [1.29, 1.82) is 0 Å². The molecule has 1 aliphatic heterocycles. The van der Waals surface area contributed by atoms with Crippen molar-refractivity contribution in [3.8, 4) is 0 Å². The summed E-state index contributed by atoms with van der Waals surface area (Å²) in [6.07, 6.45) is -0.691. The van der Waals surface area contributed by atoms with Crippen molar-refractivity contribution in [2.24, 2.45) is 0 Å². The summed E-state index contributed by atoms with van der Waals surface area (Å²) in [6.45, 7) is 1.53. The van der Waals surface area contributed by atoms with Crippen LogP contribution in [0, 0.1) is 0 Å². The number of hydrogen-bond acceptors (Lipinski definition) is 5. The molecule has 2 aromatic carbocycles. The molecule has 5 heteroatoms. The van der Waals surface area contributed by atoms with Crippen molar-refractivity contribution in [3.05, 3.63) is 76.1 Å². The van der Waals surface area contributed by atoms with Gasteiger partial charge in [-0.05, 0) is 17.7 Å². The lowest BCUT2D eigenvalue weighted by Crippen LogP contribution is -2.17. The van der Waals surface area contributed by atoms with Crippen LogP contribution < -0.4 is 10.9 Å². The van der Waals surface area contributed by atoms with E-state index in [1.165, 1.54) is 0 Å². The van der Waals surface area contributed by atoms with E-state index in [0.29, 0.717) is 36.6 Å². The van der Waals surface area contributed by atoms with Gasteiger partial charge in [0.15, 0.2) is 6.29 Å². The van der Waals surface area contributed by atoms with Gasteiger partial charge in [0.1, 0.15) is 11.1 Å². The average Bonchev–Trinajstić information content (AvgIpc) is 3.14. The van der Waals surface area contributed by atoms with Crippen LogP contribution in [0.4, 0.5) is 5.69 Å². The lowest BCUT2D eigenvalue weighted by molar-refractivity contribution is -0.0455. The molecule has 0 bridgehead atoms. The summed E-state index contributed by atoms with van der Waals surface area (Å²) in [6, 6.07) is 17.5. The number of fused-ring (bicyclic) bond motifs is 1. The Morgan fingerprint density at radius 3 is 2.46 bits per heavy atom. The van der Waals surface area contributed by atoms with Crippen molar-refractivity contribution in [3.63, 3.8) is 0 Å². The molecule has 4 rings (SSSR count). The summed E-state index contributed by atoms with van der Waals surface area (Å²) in [5, 5.41) is 4.21. The average molecular weight is 323 g/mol. The first kappa shape index (κ1) is 14.9. The molecule has 0 amide bonds. The molecule has 24 heavy (non-hydrogen) atoms. The van der Waals surface area contributed by atoms with Crippen LogP contribution in [-0.4, -0.2) is 13.2 Å². The van der Waals surface area contributed by atoms with Gasteiger partial charge >= 0.3 is 5.63 Å². The summed E-state index contributed by atoms with van der Waals surface area (Å²) in [7, 11) is 0. The van der Waals surface area contributed by atoms with Gasteiger partial charge in [-0.15, -0.1) is 0 Å². The first-order chi connectivity index (χ1) is 11.8. The normalized spacial score (nSPS) is 15.0. The molecule has 0 spiro atoms. The Morgan fingerprint density at radius 2 is 1.67 bits per heavy atom. The lowest BCUT2D eigenvalue weighted by Gasteiger charge is -2.17. The number of rotatable bonds is 4. The van der Waals surface area contributed by atoms with Crippen molar-refractivity contribution < 1.29 is 13.9 Å². The van der Waals surface area contributed by atoms with E-state index >= 15 is 0 Å². The predicted octanol–water partition coefficient (Wildman–Crippen LogP) is 3.45. The highest BCUT2D eigenvalue weighted by molar-refractivity contribution is 5.91. The molecule has 0 unspecified atom stereocenters. The second-order valence-electron chi connectivity index (χ2n) is 5.59. The second kappa shape index (κ2) is 6.47. The molecule has 1 saturated heterocycles. The molecular formula is C19H17NO4. The molecular weight excluding hydrogens is 306 g/mol. The minimum Gasteiger partial charge on any atom is -0.422 e. The molecule has 1 fully saturated rings. The molecule has 122 valence electrons. The highest BCUT2D eigenvalue weighted by Crippen LogP contribution is 2.33. The van der Waals surface area contributed by atoms with E-state index in [2.05, 4.69) is 5.32 Å². The molecule has 0 atom stereocenters. The quantitative estimate of drug-likeness (QED) is 0.745. The van der Waals surface area contributed by atoms with Crippen LogP contribution in [0.5, 0.6) is 0 Å². The van der Waals surface area contributed by atoms with E-state index in [0.717, 1.165) is 10.9 Å². The van der Waals surface area contributed by atoms with Gasteiger partial charge in [-0.25, -0.2) is 4.79 Å². The third-order valence-electron chi connectivity index (χ3n) is 4.02. The molecule has 5 nitrogen and oxygen atoms in total. The summed E-state index contributed by atoms with van der Waals surface area (Å²) in [4.78, 5) is 12.5. The molecule has 1 aromatic heterocycles. The number of benzene rings is 2. The number of ether oxygens (including phenoxy) is 2. The van der Waals surface area contributed by atoms with Gasteiger partial charge in [0, 0.05) is 11.9 Å². The predicted molar refractivity (Wildman–Crippen MR) is 90.9 cm³/mol. The van der Waals surface area contributed by atoms with E-state index in [1.54, 1.807) is 6.07 Å². The molecule has 0 radical (unpaired) electrons. The maximum atomic E-state index is 12.5. The van der Waals surface area contributed by atoms with Gasteiger partial charge in [-0.3, -0.25) is 0 Å². The fourth-order valence-corrected chi connectivity index (χ4v) is 2.88. The van der Waals surface area contributed by atoms with Gasteiger partial charge < -0.3 is 19.2 Å². The fourth-order valence-electron chi connectivity index (χ4n) is 2.88. The van der Waals surface area contributed by atoms with E-state index in [-0.39, 0.29) is 0 Å².